The van der Waals surface area contributed by atoms with Crippen molar-refractivity contribution in [2.45, 2.75) is 114 Å². The lowest BCUT2D eigenvalue weighted by Gasteiger charge is -2.33. The molecule has 12 nitrogen and oxygen atoms in total. The lowest BCUT2D eigenvalue weighted by Crippen LogP contribution is -2.38. The number of piperidine rings is 2. The Labute approximate surface area is 462 Å². The van der Waals surface area contributed by atoms with E-state index < -0.39 is 0 Å². The van der Waals surface area contributed by atoms with Crippen molar-refractivity contribution in [1.29, 1.82) is 0 Å². The molecule has 4 aliphatic heterocycles. The first-order chi connectivity index (χ1) is 34.5. The highest BCUT2D eigenvalue weighted by atomic mass is 127. The topological polar surface area (TPSA) is 138 Å². The van der Waals surface area contributed by atoms with Crippen LogP contribution in [-0.2, 0) is 45.4 Å². The molecule has 14 rings (SSSR count). The minimum atomic E-state index is -0.222. The van der Waals surface area contributed by atoms with Gasteiger partial charge in [-0.2, -0.15) is 0 Å². The van der Waals surface area contributed by atoms with Crippen LogP contribution in [0.2, 0.25) is 20.1 Å². The Bertz CT molecular complexity index is 3010. The number of hydrogen-bond acceptors (Lipinski definition) is 12. The van der Waals surface area contributed by atoms with Crippen LogP contribution in [-0.4, -0.2) is 59.6 Å². The minimum absolute atomic E-state index is 0. The number of nitrogens with zero attached hydrogens (tertiary/aromatic N) is 3. The van der Waals surface area contributed by atoms with Crippen molar-refractivity contribution < 1.29 is 37.6 Å². The molecule has 6 fully saturated rings. The molecular weight excluding hydrogens is 1180 g/mol. The maximum Gasteiger partial charge on any atom is 0.338 e. The summed E-state index contributed by atoms with van der Waals surface area (Å²) in [6.07, 6.45) is 9.44. The quantitative estimate of drug-likeness (QED) is 0.0976. The Morgan fingerprint density at radius 2 is 1.18 bits per heavy atom. The summed E-state index contributed by atoms with van der Waals surface area (Å²) in [5.41, 5.74) is 9.37. The summed E-state index contributed by atoms with van der Waals surface area (Å²) in [5.74, 6) is 3.38. The van der Waals surface area contributed by atoms with Gasteiger partial charge in [-0.15, -0.1) is 24.0 Å². The second-order valence-electron chi connectivity index (χ2n) is 19.9. The van der Waals surface area contributed by atoms with Gasteiger partial charge in [0, 0.05) is 86.5 Å². The maximum absolute atomic E-state index is 11.8. The van der Waals surface area contributed by atoms with Crippen LogP contribution < -0.4 is 10.2 Å². The van der Waals surface area contributed by atoms with Gasteiger partial charge >= 0.3 is 11.9 Å². The molecule has 8 aliphatic rings. The molecule has 18 heteroatoms. The van der Waals surface area contributed by atoms with Gasteiger partial charge in [-0.25, -0.2) is 9.59 Å². The third-order valence-electron chi connectivity index (χ3n) is 15.2. The number of carbonyl (C=O) groups is 2. The van der Waals surface area contributed by atoms with Gasteiger partial charge in [0.15, 0.2) is 0 Å². The fourth-order valence-electron chi connectivity index (χ4n) is 11.3. The number of hydrogen-bond donors (Lipinski definition) is 1. The van der Waals surface area contributed by atoms with Crippen LogP contribution in [0.1, 0.15) is 118 Å². The molecule has 4 bridgehead atoms. The summed E-state index contributed by atoms with van der Waals surface area (Å²) >= 11 is 29.1. The molecule has 4 saturated carbocycles. The minimum Gasteiger partial charge on any atom is -0.457 e. The van der Waals surface area contributed by atoms with E-state index in [1.807, 2.05) is 60.7 Å². The molecular formula is C54H50BrCl4IN4O8. The summed E-state index contributed by atoms with van der Waals surface area (Å²) < 4.78 is 35.3. The molecule has 6 heterocycles. The molecule has 2 aromatic heterocycles. The van der Waals surface area contributed by atoms with Crippen LogP contribution in [0.25, 0.3) is 22.5 Å². The largest absolute Gasteiger partial charge is 0.457 e. The van der Waals surface area contributed by atoms with Crippen LogP contribution in [0.15, 0.2) is 86.3 Å². The van der Waals surface area contributed by atoms with Gasteiger partial charge in [-0.3, -0.25) is 0 Å². The first kappa shape index (κ1) is 50.4. The monoisotopic (exact) mass is 1230 g/mol. The van der Waals surface area contributed by atoms with E-state index in [2.05, 4.69) is 42.5 Å². The van der Waals surface area contributed by atoms with E-state index in [1.165, 1.54) is 12.1 Å². The van der Waals surface area contributed by atoms with Crippen molar-refractivity contribution in [2.24, 2.45) is 11.8 Å². The Morgan fingerprint density at radius 3 is 1.67 bits per heavy atom. The third-order valence-corrected chi connectivity index (χ3v) is 17.0. The number of ether oxygens (including phenoxy) is 4. The van der Waals surface area contributed by atoms with Gasteiger partial charge in [0.05, 0.1) is 56.6 Å². The zero-order valence-corrected chi connectivity index (χ0v) is 45.8. The number of nitrogens with one attached hydrogen (secondary N) is 1. The molecule has 0 spiro atoms. The van der Waals surface area contributed by atoms with Gasteiger partial charge < -0.3 is 38.2 Å². The number of fused-ring (bicyclic) bond motifs is 6. The van der Waals surface area contributed by atoms with Crippen molar-refractivity contribution in [3.05, 3.63) is 142 Å². The predicted molar refractivity (Wildman–Crippen MR) is 288 cm³/mol. The zero-order chi connectivity index (χ0) is 48.5. The molecule has 72 heavy (non-hydrogen) atoms. The Kier molecular flexibility index (Phi) is 14.8. The molecule has 6 atom stereocenters. The summed E-state index contributed by atoms with van der Waals surface area (Å²) in [6.45, 7) is 3.75. The van der Waals surface area contributed by atoms with E-state index in [0.29, 0.717) is 111 Å². The van der Waals surface area contributed by atoms with E-state index in [1.54, 1.807) is 6.07 Å². The molecule has 376 valence electrons. The zero-order valence-electron chi connectivity index (χ0n) is 38.9. The Morgan fingerprint density at radius 1 is 0.653 bits per heavy atom. The smallest absolute Gasteiger partial charge is 0.338 e. The van der Waals surface area contributed by atoms with E-state index in [4.69, 9.17) is 74.4 Å². The summed E-state index contributed by atoms with van der Waals surface area (Å²) in [5, 5.41) is 14.5. The normalized spacial score (nSPS) is 24.0. The number of aromatic nitrogens is 2. The van der Waals surface area contributed by atoms with E-state index in [9.17, 15) is 9.59 Å². The summed E-state index contributed by atoms with van der Waals surface area (Å²) in [4.78, 5) is 25.2. The molecule has 4 aliphatic carbocycles. The van der Waals surface area contributed by atoms with Crippen molar-refractivity contribution in [2.75, 3.05) is 18.0 Å². The van der Waals surface area contributed by atoms with Crippen LogP contribution in [0.5, 0.6) is 0 Å². The number of rotatable bonds is 11. The highest BCUT2D eigenvalue weighted by Gasteiger charge is 2.46. The van der Waals surface area contributed by atoms with Gasteiger partial charge in [-0.1, -0.05) is 84.8 Å². The van der Waals surface area contributed by atoms with Crippen molar-refractivity contribution in [1.82, 2.24) is 15.6 Å². The van der Waals surface area contributed by atoms with E-state index in [-0.39, 0.29) is 42.0 Å². The van der Waals surface area contributed by atoms with Gasteiger partial charge in [-0.05, 0) is 118 Å². The third kappa shape index (κ3) is 10.1. The fourth-order valence-corrected chi connectivity index (χ4v) is 12.9. The average molecular weight is 1230 g/mol. The number of anilines is 1. The number of cyclic esters (lactones) is 2. The highest BCUT2D eigenvalue weighted by molar-refractivity contribution is 14.0. The van der Waals surface area contributed by atoms with Crippen LogP contribution in [0, 0.1) is 11.8 Å². The Hall–Kier alpha value is -3.71. The second-order valence-corrected chi connectivity index (χ2v) is 22.4. The highest BCUT2D eigenvalue weighted by Crippen LogP contribution is 2.49. The summed E-state index contributed by atoms with van der Waals surface area (Å²) in [6, 6.07) is 23.6. The standard InChI is InChI=1S/C27H24Cl2N2O4.C19H20Cl2N2O2.C8H5BrO2.HI/c28-21-2-1-3-22(29)24(21)25-20(26(35-30-25)14-4-5-14)13-33-23-10-18-8-15(23)11-31(18)17-6-7-19-16(9-17)12-34-27(19)32;20-14-2-1-3-15(21)17(14)18-13(19(25-23-18)10-4-5-10)9-24-16-7-12-6-11(16)8-22-12;9-6-1-2-7-5(3-6)4-11-8(7)10;/h1-3,6-7,9,14-15,18,23H,4-5,8,10-13H2;1-3,10-12,16,22H,4-9H2;1-3H,4H2;1H/t15-,18-,23+;11-,12-,16+;;/m00../s1. The molecule has 4 aromatic carbocycles. The van der Waals surface area contributed by atoms with Crippen LogP contribution in [0.3, 0.4) is 0 Å². The molecule has 6 aromatic rings. The van der Waals surface area contributed by atoms with Crippen molar-refractivity contribution in [3.8, 4) is 22.5 Å². The van der Waals surface area contributed by atoms with Gasteiger partial charge in [0.1, 0.15) is 36.1 Å². The average Bonchev–Trinajstić information content (AvgIpc) is 3.75. The van der Waals surface area contributed by atoms with E-state index in [0.717, 1.165) is 108 Å². The number of benzene rings is 4. The number of halogens is 6. The molecule has 1 N–H and O–H groups in total. The maximum atomic E-state index is 11.8. The molecule has 0 unspecified atom stereocenters. The molecule has 0 radical (unpaired) electrons. The lowest BCUT2D eigenvalue weighted by atomic mass is 10.0. The SMILES string of the molecule is Clc1cccc(Cl)c1-c1noc(C2CC2)c1CO[C@@H]1C[C@@H]2C[C@H]1CN2.I.O=C1OCc2cc(Br)ccc21.O=C1OCc2cc(N3C[C@@H]4C[C@H]3C[C@H]4OCc3c(-c4c(Cl)cccc4Cl)noc3C3CC3)ccc21. The number of carbonyl (C=O) groups excluding carboxylic acids is 2. The molecule has 2 saturated heterocycles. The first-order valence-electron chi connectivity index (χ1n) is 24.4. The van der Waals surface area contributed by atoms with Crippen LogP contribution >= 0.6 is 86.3 Å². The van der Waals surface area contributed by atoms with Crippen molar-refractivity contribution in [3.63, 3.8) is 0 Å². The van der Waals surface area contributed by atoms with E-state index >= 15 is 0 Å². The molecule has 0 amide bonds. The number of esters is 2. The van der Waals surface area contributed by atoms with Gasteiger partial charge in [0.2, 0.25) is 0 Å². The van der Waals surface area contributed by atoms with Crippen LogP contribution in [0.4, 0.5) is 5.69 Å². The second kappa shape index (κ2) is 21.1. The predicted octanol–water partition coefficient (Wildman–Crippen LogP) is 13.9. The lowest BCUT2D eigenvalue weighted by molar-refractivity contribution is 0.00913. The fraction of sp³-hybridized carbons (Fsp3) is 0.407. The van der Waals surface area contributed by atoms with Gasteiger partial charge in [0.25, 0.3) is 0 Å². The van der Waals surface area contributed by atoms with Crippen molar-refractivity contribution >= 4 is 104 Å². The Balaban J connectivity index is 0.000000131. The summed E-state index contributed by atoms with van der Waals surface area (Å²) in [7, 11) is 0. The first-order valence-corrected chi connectivity index (χ1v) is 26.7.